The van der Waals surface area contributed by atoms with Crippen LogP contribution in [0.15, 0.2) is 48.5 Å². The molecule has 0 saturated carbocycles. The maximum absolute atomic E-state index is 10.1. The number of phenols is 2. The summed E-state index contributed by atoms with van der Waals surface area (Å²) in [5.41, 5.74) is 1.62. The Morgan fingerprint density at radius 1 is 0.545 bits per heavy atom. The lowest BCUT2D eigenvalue weighted by atomic mass is 9.98. The van der Waals surface area contributed by atoms with Crippen LogP contribution < -0.4 is 0 Å². The first-order valence-corrected chi connectivity index (χ1v) is 13.7. The minimum Gasteiger partial charge on any atom is -0.508 e. The largest absolute Gasteiger partial charge is 0.508 e. The van der Waals surface area contributed by atoms with E-state index in [0.717, 1.165) is 11.1 Å². The Labute approximate surface area is 251 Å². The van der Waals surface area contributed by atoms with Crippen LogP contribution in [-0.2, 0) is 31.8 Å². The average Bonchev–Trinajstić information content (AvgIpc) is 3.01. The number of aliphatic hydroxyl groups is 10. The first-order chi connectivity index (χ1) is 20.7. The molecule has 0 radical (unpaired) electrons. The molecule has 2 aliphatic rings. The van der Waals surface area contributed by atoms with E-state index in [4.69, 9.17) is 29.2 Å². The predicted molar refractivity (Wildman–Crippen MR) is 145 cm³/mol. The lowest BCUT2D eigenvalue weighted by molar-refractivity contribution is -0.448. The summed E-state index contributed by atoms with van der Waals surface area (Å²) in [5, 5.41) is 115. The predicted octanol–water partition coefficient (Wildman–Crippen LogP) is -3.86. The second-order valence-electron chi connectivity index (χ2n) is 10.3. The van der Waals surface area contributed by atoms with Crippen LogP contribution in [0.5, 0.6) is 11.5 Å². The highest BCUT2D eigenvalue weighted by molar-refractivity contribution is 5.26. The Hall–Kier alpha value is -2.52. The SMILES string of the molecule is OC[C@H]1O[C@](O)(OCCc2ccc(O)cc2)[C@H](O)[C@@H](O)[C@@H]1O.OC[C@H]1O[C@](O)(OCCc2ccc(O)cc2)[C@H](O)[C@@H](O)[C@@H]1O. The molecule has 12 N–H and O–H groups in total. The highest BCUT2D eigenvalue weighted by Gasteiger charge is 2.55. The number of aromatic hydroxyl groups is 2. The van der Waals surface area contributed by atoms with Gasteiger partial charge in [-0.25, -0.2) is 0 Å². The van der Waals surface area contributed by atoms with Gasteiger partial charge >= 0.3 is 11.9 Å². The summed E-state index contributed by atoms with van der Waals surface area (Å²) in [6, 6.07) is 12.6. The molecule has 0 amide bonds. The maximum Gasteiger partial charge on any atom is 0.311 e. The third-order valence-corrected chi connectivity index (χ3v) is 7.13. The van der Waals surface area contributed by atoms with Crippen LogP contribution >= 0.6 is 0 Å². The van der Waals surface area contributed by atoms with E-state index in [-0.39, 0.29) is 24.7 Å². The van der Waals surface area contributed by atoms with Crippen molar-refractivity contribution in [2.24, 2.45) is 0 Å². The quantitative estimate of drug-likeness (QED) is 0.112. The fraction of sp³-hybridized carbons (Fsp3) is 0.571. The van der Waals surface area contributed by atoms with E-state index < -0.39 is 74.0 Å². The van der Waals surface area contributed by atoms with E-state index >= 15 is 0 Å². The van der Waals surface area contributed by atoms with Crippen LogP contribution in [0.25, 0.3) is 0 Å². The van der Waals surface area contributed by atoms with Crippen molar-refractivity contribution >= 4 is 0 Å². The van der Waals surface area contributed by atoms with Gasteiger partial charge in [-0.1, -0.05) is 24.3 Å². The van der Waals surface area contributed by atoms with Crippen molar-refractivity contribution in [1.82, 2.24) is 0 Å². The van der Waals surface area contributed by atoms with Crippen molar-refractivity contribution in [1.29, 1.82) is 0 Å². The van der Waals surface area contributed by atoms with Crippen LogP contribution in [0, 0.1) is 0 Å². The number of phenolic OH excluding ortho intramolecular Hbond substituents is 2. The zero-order valence-corrected chi connectivity index (χ0v) is 23.5. The molecule has 0 spiro atoms. The van der Waals surface area contributed by atoms with Crippen LogP contribution in [0.2, 0.25) is 0 Å². The molecule has 2 heterocycles. The molecule has 0 unspecified atom stereocenters. The second kappa shape index (κ2) is 15.7. The Balaban J connectivity index is 0.000000240. The lowest BCUT2D eigenvalue weighted by Gasteiger charge is -2.44. The molecule has 2 aromatic carbocycles. The van der Waals surface area contributed by atoms with Crippen molar-refractivity contribution in [3.8, 4) is 11.5 Å². The van der Waals surface area contributed by atoms with Crippen molar-refractivity contribution in [3.63, 3.8) is 0 Å². The molecule has 16 nitrogen and oxygen atoms in total. The molecule has 0 aromatic heterocycles. The third kappa shape index (κ3) is 8.81. The fourth-order valence-electron chi connectivity index (χ4n) is 4.44. The van der Waals surface area contributed by atoms with Crippen molar-refractivity contribution in [3.05, 3.63) is 59.7 Å². The number of ether oxygens (including phenoxy) is 4. The van der Waals surface area contributed by atoms with E-state index in [1.165, 1.54) is 24.3 Å². The molecule has 2 aliphatic heterocycles. The zero-order chi connectivity index (χ0) is 32.7. The van der Waals surface area contributed by atoms with Gasteiger partial charge in [-0.2, -0.15) is 0 Å². The summed E-state index contributed by atoms with van der Waals surface area (Å²) in [7, 11) is 0. The molecule has 0 bridgehead atoms. The first-order valence-electron chi connectivity index (χ1n) is 13.7. The maximum atomic E-state index is 10.1. The standard InChI is InChI=1S/2C14H20O8/c2*15-7-10-11(17)12(18)13(19)14(20,22-10)21-6-5-8-1-3-9(16)4-2-8/h2*1-4,10-13,15-20H,5-7H2/t2*10-,11-,12+,13-,14-/m11/s1. The summed E-state index contributed by atoms with van der Waals surface area (Å²) in [6.45, 7) is -1.43. The highest BCUT2D eigenvalue weighted by atomic mass is 16.8. The summed E-state index contributed by atoms with van der Waals surface area (Å²) < 4.78 is 20.1. The normalized spacial score (nSPS) is 35.5. The summed E-state index contributed by atoms with van der Waals surface area (Å²) >= 11 is 0. The van der Waals surface area contributed by atoms with Gasteiger partial charge in [0.05, 0.1) is 26.4 Å². The number of benzene rings is 2. The number of hydrogen-bond donors (Lipinski definition) is 12. The van der Waals surface area contributed by atoms with Crippen molar-refractivity contribution < 1.29 is 80.2 Å². The molecule has 0 aliphatic carbocycles. The Bertz CT molecular complexity index is 1040. The van der Waals surface area contributed by atoms with Crippen LogP contribution in [0.3, 0.4) is 0 Å². The highest BCUT2D eigenvalue weighted by Crippen LogP contribution is 2.30. The molecule has 44 heavy (non-hydrogen) atoms. The summed E-state index contributed by atoms with van der Waals surface area (Å²) in [4.78, 5) is 0. The summed E-state index contributed by atoms with van der Waals surface area (Å²) in [6.07, 6.45) is -12.2. The molecule has 4 rings (SSSR count). The van der Waals surface area contributed by atoms with Gasteiger partial charge in [0.1, 0.15) is 48.1 Å². The molecule has 16 heteroatoms. The van der Waals surface area contributed by atoms with Gasteiger partial charge in [0, 0.05) is 0 Å². The Morgan fingerprint density at radius 2 is 0.864 bits per heavy atom. The van der Waals surface area contributed by atoms with Gasteiger partial charge in [-0.15, -0.1) is 0 Å². The van der Waals surface area contributed by atoms with Gasteiger partial charge in [-0.05, 0) is 48.2 Å². The number of hydrogen-bond acceptors (Lipinski definition) is 16. The Kier molecular flexibility index (Phi) is 12.8. The van der Waals surface area contributed by atoms with Gasteiger partial charge in [0.15, 0.2) is 12.2 Å². The van der Waals surface area contributed by atoms with Crippen LogP contribution in [-0.4, -0.2) is 148 Å². The van der Waals surface area contributed by atoms with E-state index in [2.05, 4.69) is 0 Å². The lowest BCUT2D eigenvalue weighted by Crippen LogP contribution is -2.66. The van der Waals surface area contributed by atoms with Gasteiger partial charge < -0.3 is 80.2 Å². The zero-order valence-electron chi connectivity index (χ0n) is 23.5. The van der Waals surface area contributed by atoms with Crippen molar-refractivity contribution in [2.75, 3.05) is 26.4 Å². The van der Waals surface area contributed by atoms with E-state index in [0.29, 0.717) is 12.8 Å². The summed E-state index contributed by atoms with van der Waals surface area (Å²) in [5.74, 6) is -4.80. The average molecular weight is 633 g/mol. The molecule has 2 saturated heterocycles. The smallest absolute Gasteiger partial charge is 0.311 e. The molecule has 2 aromatic rings. The van der Waals surface area contributed by atoms with Crippen molar-refractivity contribution in [2.45, 2.75) is 73.6 Å². The van der Waals surface area contributed by atoms with E-state index in [1.54, 1.807) is 24.3 Å². The van der Waals surface area contributed by atoms with Gasteiger partial charge in [0.2, 0.25) is 0 Å². The van der Waals surface area contributed by atoms with Gasteiger partial charge in [-0.3, -0.25) is 0 Å². The van der Waals surface area contributed by atoms with Crippen LogP contribution in [0.4, 0.5) is 0 Å². The number of rotatable bonds is 10. The monoisotopic (exact) mass is 632 g/mol. The fourth-order valence-corrected chi connectivity index (χ4v) is 4.44. The minimum atomic E-state index is -2.52. The van der Waals surface area contributed by atoms with Gasteiger partial charge in [0.25, 0.3) is 0 Å². The molecule has 2 fully saturated rings. The molecular weight excluding hydrogens is 592 g/mol. The van der Waals surface area contributed by atoms with Crippen LogP contribution in [0.1, 0.15) is 11.1 Å². The molecule has 10 atom stereocenters. The van der Waals surface area contributed by atoms with E-state index in [9.17, 15) is 51.1 Å². The minimum absolute atomic E-state index is 0.0563. The molecule has 248 valence electrons. The molecular formula is C28H40O16. The van der Waals surface area contributed by atoms with E-state index in [1.807, 2.05) is 0 Å². The topological polar surface area (TPSA) is 280 Å². The second-order valence-corrected chi connectivity index (χ2v) is 10.3. The Morgan fingerprint density at radius 3 is 1.16 bits per heavy atom. The number of aliphatic hydroxyl groups excluding tert-OH is 8. The third-order valence-electron chi connectivity index (χ3n) is 7.13. The first kappa shape index (κ1) is 36.0.